The van der Waals surface area contributed by atoms with Crippen LogP contribution in [0, 0.1) is 48.5 Å². The molecule has 0 aliphatic carbocycles. The summed E-state index contributed by atoms with van der Waals surface area (Å²) in [5.74, 6) is -1.54. The number of aliphatic carboxylic acids is 2. The molecule has 3 aromatic heterocycles. The van der Waals surface area contributed by atoms with Crippen molar-refractivity contribution >= 4 is 265 Å². The molecule has 0 bridgehead atoms. The van der Waals surface area contributed by atoms with Gasteiger partial charge in [-0.2, -0.15) is 0 Å². The normalized spacial score (nSPS) is 10.6. The summed E-state index contributed by atoms with van der Waals surface area (Å²) in [5, 5.41) is 21.8. The molecule has 35 heteroatoms. The fourth-order valence-corrected chi connectivity index (χ4v) is 20.7. The van der Waals surface area contributed by atoms with Crippen molar-refractivity contribution in [1.29, 1.82) is 0 Å². The first-order chi connectivity index (χ1) is 61.3. The lowest BCUT2D eigenvalue weighted by molar-refractivity contribution is -0.138. The predicted octanol–water partition coefficient (Wildman–Crippen LogP) is 27.2. The Kier molecular flexibility index (Phi) is 48.6. The molecule has 2 N–H and O–H groups in total. The number of nitrogens with zero attached hydrogens (tertiary/aromatic N) is 3. The third-order valence-corrected chi connectivity index (χ3v) is 29.4. The molecule has 0 saturated heterocycles. The van der Waals surface area contributed by atoms with Crippen LogP contribution in [0.2, 0.25) is 35.2 Å². The second-order valence-corrected chi connectivity index (χ2v) is 40.8. The SMILES string of the molecule is CC(=O)c1ccc(C)cc1Cl.COC(=O)CSC(Br)C(=O)c1ccc(C)cc1Cl.COC(=O)CSCC(=O)c1ccc(C)cc1Cl.COC(=O)CSc1scnc1-c1ccc(C)cc1Cl.Cc1ccc(-c2ncsc2SCC(=O)Cc2ccc(-c3ccc(CC(=O)O)cc3)cc2)c(Cl)c1.Cc1ccc(-c2ncsc2SCC(=O)O)c(Cl)c1.Cc1ccc(C(=O)CBr)c(Cl)c1. The summed E-state index contributed by atoms with van der Waals surface area (Å²) < 4.78 is 15.9. The standard InChI is InChI=1S/C27H22ClNO3S2.C13H12ClNO2S2.C12H12BrClO3S.C12H10ClNO2S2.C12H13ClO3S.C9H8BrClO.C9H9ClO/c1-17-2-11-23(24(28)12-17)26-27(34-16-29-26)33-15-22(30)13-18-3-7-20(8-4-18)21-9-5-19(6-10-21)14-25(31)32;1-8-3-4-9(10(14)5-8)12-13(19-7-15-12)18-6-11(16)17-2;1-7-3-4-8(9(14)5-7)11(16)12(13)18-6-10(15)17-2;1-7-2-3-8(9(13)4-7)11-12(18-6-14-11)17-5-10(15)16;1-8-3-4-9(10(13)5-8)11(14)6-17-7-12(15)16-2;1-6-2-3-7(8(11)4-6)9(12)5-10;1-6-3-4-8(7(2)11)9(10)5-6/h2-12,16H,13-15H2,1H3,(H,31,32);3-5,7H,6H2,1-2H3;3-5,12H,6H2,1-2H3;2-4,6H,5H2,1H3,(H,15,16);3-5H,6-7H2,1-2H3;2-4H,5H2,1H3;3-5H,1-2H3. The highest BCUT2D eigenvalue weighted by atomic mass is 79.9. The number of carboxylic acids is 2. The minimum Gasteiger partial charge on any atom is -0.481 e. The number of aryl methyl sites for hydroxylation is 7. The van der Waals surface area contributed by atoms with E-state index in [1.165, 1.54) is 109 Å². The highest BCUT2D eigenvalue weighted by molar-refractivity contribution is 9.11. The van der Waals surface area contributed by atoms with Gasteiger partial charge in [0.25, 0.3) is 0 Å². The van der Waals surface area contributed by atoms with Gasteiger partial charge in [-0.3, -0.25) is 47.9 Å². The summed E-state index contributed by atoms with van der Waals surface area (Å²) in [4.78, 5) is 126. The first-order valence-corrected chi connectivity index (χ1v) is 50.7. The van der Waals surface area contributed by atoms with Crippen LogP contribution in [0.3, 0.4) is 0 Å². The van der Waals surface area contributed by atoms with E-state index in [1.807, 2.05) is 176 Å². The van der Waals surface area contributed by atoms with Crippen molar-refractivity contribution in [1.82, 2.24) is 15.0 Å². The molecule has 0 amide bonds. The zero-order valence-electron chi connectivity index (χ0n) is 71.1. The maximum absolute atomic E-state index is 12.6. The topological polar surface area (TPSA) is 278 Å². The number of thioether (sulfide) groups is 5. The monoisotopic (exact) mass is 2160 g/mol. The Balaban J connectivity index is 0.000000240. The Morgan fingerprint density at radius 3 is 1.05 bits per heavy atom. The van der Waals surface area contributed by atoms with Crippen LogP contribution in [-0.2, 0) is 55.8 Å². The highest BCUT2D eigenvalue weighted by Gasteiger charge is 2.23. The van der Waals surface area contributed by atoms with E-state index >= 15 is 0 Å². The fourth-order valence-electron chi connectivity index (χ4n) is 10.8. The Hall–Kier alpha value is -7.69. The number of esters is 3. The number of alkyl halides is 2. The average molecular weight is 2160 g/mol. The number of carbonyl (C=O) groups is 10. The van der Waals surface area contributed by atoms with Gasteiger partial charge in [-0.25, -0.2) is 15.0 Å². The molecule has 18 nitrogen and oxygen atoms in total. The van der Waals surface area contributed by atoms with Crippen LogP contribution in [0.1, 0.15) is 98.4 Å². The van der Waals surface area contributed by atoms with Gasteiger partial charge >= 0.3 is 29.8 Å². The molecule has 1 atom stereocenters. The molecule has 12 rings (SSSR count). The van der Waals surface area contributed by atoms with Gasteiger partial charge in [0.1, 0.15) is 9.94 Å². The molecule has 0 spiro atoms. The second-order valence-electron chi connectivity index (χ2n) is 27.5. The number of benzene rings is 9. The van der Waals surface area contributed by atoms with Gasteiger partial charge in [0.15, 0.2) is 23.1 Å². The third-order valence-electron chi connectivity index (χ3n) is 17.3. The van der Waals surface area contributed by atoms with Crippen LogP contribution >= 0.6 is 206 Å². The molecule has 0 saturated carbocycles. The van der Waals surface area contributed by atoms with Crippen molar-refractivity contribution in [3.05, 3.63) is 300 Å². The maximum atomic E-state index is 12.6. The zero-order chi connectivity index (χ0) is 95.1. The number of rotatable bonds is 30. The third kappa shape index (κ3) is 37.7. The van der Waals surface area contributed by atoms with E-state index in [-0.39, 0.29) is 82.0 Å². The molecule has 0 radical (unpaired) electrons. The molecule has 9 aromatic carbocycles. The van der Waals surface area contributed by atoms with Gasteiger partial charge in [0, 0.05) is 45.4 Å². The van der Waals surface area contributed by atoms with E-state index < -0.39 is 16.1 Å². The van der Waals surface area contributed by atoms with Crippen LogP contribution in [0.5, 0.6) is 0 Å². The molecule has 0 aliphatic rings. The molecule has 3 heterocycles. The van der Waals surface area contributed by atoms with E-state index in [0.29, 0.717) is 74.9 Å². The lowest BCUT2D eigenvalue weighted by atomic mass is 10.0. The predicted molar refractivity (Wildman–Crippen MR) is 544 cm³/mol. The number of hydrogen-bond donors (Lipinski definition) is 2. The first-order valence-electron chi connectivity index (χ1n) is 38.2. The summed E-state index contributed by atoms with van der Waals surface area (Å²) in [6.45, 7) is 15.2. The number of Topliss-reactive ketones (excluding diaryl/α,β-unsaturated/α-hetero) is 5. The summed E-state index contributed by atoms with van der Waals surface area (Å²) in [7, 11) is 4.01. The molecule has 129 heavy (non-hydrogen) atoms. The van der Waals surface area contributed by atoms with E-state index in [9.17, 15) is 47.9 Å². The molecule has 0 fully saturated rings. The zero-order valence-corrected chi connectivity index (χ0v) is 86.1. The van der Waals surface area contributed by atoms with Gasteiger partial charge in [-0.05, 0) is 183 Å². The van der Waals surface area contributed by atoms with Crippen LogP contribution in [0.25, 0.3) is 44.9 Å². The summed E-state index contributed by atoms with van der Waals surface area (Å²) in [6.07, 6.45) is 0.380. The Labute approximate surface area is 834 Å². The number of carboxylic acid groups (broad SMARTS) is 2. The van der Waals surface area contributed by atoms with E-state index in [2.05, 4.69) is 61.0 Å². The number of aromatic nitrogens is 3. The molecule has 12 aromatic rings. The number of carbonyl (C=O) groups excluding carboxylic acids is 8. The Bertz CT molecular complexity index is 5900. The number of ether oxygens (including phenoxy) is 3. The van der Waals surface area contributed by atoms with Gasteiger partial charge in [-0.1, -0.05) is 222 Å². The van der Waals surface area contributed by atoms with Gasteiger partial charge in [0.05, 0.1) is 149 Å². The van der Waals surface area contributed by atoms with Gasteiger partial charge in [-0.15, -0.1) is 92.8 Å². The number of halogens is 9. The minimum absolute atomic E-state index is 0.00926. The van der Waals surface area contributed by atoms with Crippen molar-refractivity contribution < 1.29 is 72.4 Å². The lowest BCUT2D eigenvalue weighted by Crippen LogP contribution is -2.14. The van der Waals surface area contributed by atoms with Crippen molar-refractivity contribution in [3.63, 3.8) is 0 Å². The van der Waals surface area contributed by atoms with E-state index in [1.54, 1.807) is 65.1 Å². The maximum Gasteiger partial charge on any atom is 0.316 e. The fraction of sp³-hybridized carbons (Fsp3) is 0.223. The number of methoxy groups -OCH3 is 3. The average Bonchev–Trinajstić information content (AvgIpc) is 1.70. The summed E-state index contributed by atoms with van der Waals surface area (Å²) >= 11 is 59.8. The second kappa shape index (κ2) is 57.0. The van der Waals surface area contributed by atoms with Crippen molar-refractivity contribution in [2.75, 3.05) is 61.2 Å². The highest BCUT2D eigenvalue weighted by Crippen LogP contribution is 2.41. The summed E-state index contributed by atoms with van der Waals surface area (Å²) in [6, 6.07) is 54.3. The molecular formula is C94H86Br2Cl7N3O15S8. The molecule has 678 valence electrons. The first kappa shape index (κ1) is 110. The van der Waals surface area contributed by atoms with Crippen molar-refractivity contribution in [3.8, 4) is 44.9 Å². The minimum atomic E-state index is -0.842. The summed E-state index contributed by atoms with van der Waals surface area (Å²) in [5.41, 5.74) is 23.6. The van der Waals surface area contributed by atoms with Crippen molar-refractivity contribution in [2.45, 2.75) is 85.0 Å². The Morgan fingerprint density at radius 2 is 0.705 bits per heavy atom. The smallest absolute Gasteiger partial charge is 0.316 e. The largest absolute Gasteiger partial charge is 0.481 e. The Morgan fingerprint density at radius 1 is 0.380 bits per heavy atom. The van der Waals surface area contributed by atoms with E-state index in [4.69, 9.17) is 91.4 Å². The molecular weight excluding hydrogens is 2080 g/mol. The van der Waals surface area contributed by atoms with Crippen LogP contribution in [0.4, 0.5) is 0 Å². The van der Waals surface area contributed by atoms with Crippen LogP contribution in [-0.4, -0.2) is 149 Å². The van der Waals surface area contributed by atoms with E-state index in [0.717, 1.165) is 119 Å². The number of thiazole rings is 3. The van der Waals surface area contributed by atoms with Gasteiger partial charge < -0.3 is 24.4 Å². The number of hydrogen-bond acceptors (Lipinski definition) is 24. The molecule has 1 unspecified atom stereocenters. The molecule has 0 aliphatic heterocycles. The van der Waals surface area contributed by atoms with Crippen LogP contribution in [0.15, 0.2) is 205 Å². The quantitative estimate of drug-likeness (QED) is 0.0139. The lowest BCUT2D eigenvalue weighted by Gasteiger charge is -2.09. The van der Waals surface area contributed by atoms with Crippen LogP contribution < -0.4 is 0 Å². The van der Waals surface area contributed by atoms with Gasteiger partial charge in [0.2, 0.25) is 0 Å². The number of ketones is 5. The van der Waals surface area contributed by atoms with Crippen molar-refractivity contribution in [2.24, 2.45) is 0 Å².